The zero-order valence-electron chi connectivity index (χ0n) is 29.1. The predicted molar refractivity (Wildman–Crippen MR) is 224 cm³/mol. The Morgan fingerprint density at radius 3 is 1.81 bits per heavy atom. The van der Waals surface area contributed by atoms with E-state index in [0.717, 1.165) is 39.0 Å². The van der Waals surface area contributed by atoms with E-state index in [1.165, 1.54) is 59.1 Å². The lowest BCUT2D eigenvalue weighted by molar-refractivity contribution is 0.667. The molecule has 2 nitrogen and oxygen atoms in total. The summed E-state index contributed by atoms with van der Waals surface area (Å²) in [5.74, 6) is 0. The van der Waals surface area contributed by atoms with E-state index in [1.807, 2.05) is 11.3 Å². The molecule has 250 valence electrons. The molecule has 0 saturated carbocycles. The van der Waals surface area contributed by atoms with Crippen LogP contribution in [0.25, 0.3) is 64.4 Å². The SMILES string of the molecule is CC1(c2cc3c(cc2N(c2ccc(-c4ccccc4)cc2)c2ccc4sc5ccccc5c4c2)oc2ccccc23)c2ccccc2-c2ccccc21. The number of fused-ring (bicyclic) bond motifs is 9. The molecule has 0 unspecified atom stereocenters. The summed E-state index contributed by atoms with van der Waals surface area (Å²) in [6, 6.07) is 66.4. The first-order valence-corrected chi connectivity index (χ1v) is 19.0. The highest BCUT2D eigenvalue weighted by Gasteiger charge is 2.43. The summed E-state index contributed by atoms with van der Waals surface area (Å²) in [6.07, 6.45) is 0. The molecule has 10 aromatic rings. The topological polar surface area (TPSA) is 16.4 Å². The molecular weight excluding hydrogens is 663 g/mol. The van der Waals surface area contributed by atoms with Crippen LogP contribution in [-0.2, 0) is 5.41 Å². The summed E-state index contributed by atoms with van der Waals surface area (Å²) in [4.78, 5) is 2.46. The zero-order valence-corrected chi connectivity index (χ0v) is 29.9. The maximum absolute atomic E-state index is 6.67. The molecule has 0 N–H and O–H groups in total. The van der Waals surface area contributed by atoms with Gasteiger partial charge in [-0.15, -0.1) is 11.3 Å². The Balaban J connectivity index is 1.24. The maximum Gasteiger partial charge on any atom is 0.137 e. The summed E-state index contributed by atoms with van der Waals surface area (Å²) in [5.41, 5.74) is 13.4. The van der Waals surface area contributed by atoms with Crippen LogP contribution in [0.15, 0.2) is 186 Å². The van der Waals surface area contributed by atoms with Crippen molar-refractivity contribution in [3.05, 3.63) is 199 Å². The van der Waals surface area contributed by atoms with Crippen LogP contribution in [-0.4, -0.2) is 0 Å². The van der Waals surface area contributed by atoms with E-state index in [1.54, 1.807) is 0 Å². The van der Waals surface area contributed by atoms with Crippen molar-refractivity contribution >= 4 is 70.5 Å². The number of anilines is 3. The molecule has 0 atom stereocenters. The van der Waals surface area contributed by atoms with Gasteiger partial charge >= 0.3 is 0 Å². The monoisotopic (exact) mass is 695 g/mol. The van der Waals surface area contributed by atoms with Crippen LogP contribution in [0.4, 0.5) is 17.1 Å². The second-order valence-electron chi connectivity index (χ2n) is 14.2. The van der Waals surface area contributed by atoms with Crippen molar-refractivity contribution in [2.75, 3.05) is 4.90 Å². The minimum absolute atomic E-state index is 0.448. The molecule has 0 spiro atoms. The Morgan fingerprint density at radius 1 is 0.434 bits per heavy atom. The van der Waals surface area contributed by atoms with Crippen LogP contribution in [0.3, 0.4) is 0 Å². The second kappa shape index (κ2) is 11.5. The van der Waals surface area contributed by atoms with Gasteiger partial charge in [0.25, 0.3) is 0 Å². The highest BCUT2D eigenvalue weighted by atomic mass is 32.1. The van der Waals surface area contributed by atoms with Gasteiger partial charge in [-0.3, -0.25) is 0 Å². The Bertz CT molecular complexity index is 2980. The number of thiophene rings is 1. The quantitative estimate of drug-likeness (QED) is 0.178. The molecule has 8 aromatic carbocycles. The highest BCUT2D eigenvalue weighted by Crippen LogP contribution is 2.56. The molecule has 0 saturated heterocycles. The number of para-hydroxylation sites is 1. The third-order valence-corrected chi connectivity index (χ3v) is 12.5. The van der Waals surface area contributed by atoms with Crippen molar-refractivity contribution in [2.24, 2.45) is 0 Å². The van der Waals surface area contributed by atoms with Crippen molar-refractivity contribution in [1.29, 1.82) is 0 Å². The van der Waals surface area contributed by atoms with Gasteiger partial charge in [0.1, 0.15) is 11.2 Å². The van der Waals surface area contributed by atoms with Gasteiger partial charge in [-0.05, 0) is 94.4 Å². The van der Waals surface area contributed by atoms with Gasteiger partial charge in [-0.2, -0.15) is 0 Å². The second-order valence-corrected chi connectivity index (χ2v) is 15.3. The molecule has 0 amide bonds. The number of hydrogen-bond donors (Lipinski definition) is 0. The average Bonchev–Trinajstić information content (AvgIpc) is 3.86. The fourth-order valence-electron chi connectivity index (χ4n) is 8.80. The predicted octanol–water partition coefficient (Wildman–Crippen LogP) is 14.4. The van der Waals surface area contributed by atoms with Crippen LogP contribution in [0.2, 0.25) is 0 Å². The molecule has 0 bridgehead atoms. The van der Waals surface area contributed by atoms with Gasteiger partial charge in [0.15, 0.2) is 0 Å². The Morgan fingerprint density at radius 2 is 1.04 bits per heavy atom. The number of furan rings is 1. The summed E-state index contributed by atoms with van der Waals surface area (Å²) in [6.45, 7) is 2.41. The smallest absolute Gasteiger partial charge is 0.137 e. The summed E-state index contributed by atoms with van der Waals surface area (Å²) in [7, 11) is 0. The first kappa shape index (κ1) is 30.2. The van der Waals surface area contributed by atoms with Crippen LogP contribution in [0, 0.1) is 0 Å². The summed E-state index contributed by atoms with van der Waals surface area (Å²) in [5, 5.41) is 4.81. The normalized spacial score (nSPS) is 13.2. The van der Waals surface area contributed by atoms with Gasteiger partial charge in [0, 0.05) is 53.8 Å². The van der Waals surface area contributed by atoms with E-state index < -0.39 is 5.41 Å². The fourth-order valence-corrected chi connectivity index (χ4v) is 9.89. The van der Waals surface area contributed by atoms with Gasteiger partial charge < -0.3 is 9.32 Å². The number of rotatable bonds is 5. The lowest BCUT2D eigenvalue weighted by Crippen LogP contribution is -2.26. The van der Waals surface area contributed by atoms with Crippen LogP contribution >= 0.6 is 11.3 Å². The molecule has 11 rings (SSSR count). The Hall–Kier alpha value is -6.42. The maximum atomic E-state index is 6.67. The molecule has 0 fully saturated rings. The van der Waals surface area contributed by atoms with Crippen molar-refractivity contribution in [1.82, 2.24) is 0 Å². The lowest BCUT2D eigenvalue weighted by Gasteiger charge is -2.35. The van der Waals surface area contributed by atoms with Crippen molar-refractivity contribution in [3.8, 4) is 22.3 Å². The highest BCUT2D eigenvalue weighted by molar-refractivity contribution is 7.25. The molecular formula is C50H33NOS. The summed E-state index contributed by atoms with van der Waals surface area (Å²) >= 11 is 1.85. The first-order valence-electron chi connectivity index (χ1n) is 18.2. The van der Waals surface area contributed by atoms with E-state index in [2.05, 4.69) is 194 Å². The largest absolute Gasteiger partial charge is 0.456 e. The molecule has 1 aliphatic carbocycles. The molecule has 0 aliphatic heterocycles. The van der Waals surface area contributed by atoms with Crippen LogP contribution < -0.4 is 4.90 Å². The Kier molecular flexibility index (Phi) is 6.58. The molecule has 1 aliphatic rings. The zero-order chi connectivity index (χ0) is 35.1. The van der Waals surface area contributed by atoms with Gasteiger partial charge in [0.2, 0.25) is 0 Å². The van der Waals surface area contributed by atoms with Crippen LogP contribution in [0.5, 0.6) is 0 Å². The number of hydrogen-bond acceptors (Lipinski definition) is 3. The third kappa shape index (κ3) is 4.51. The van der Waals surface area contributed by atoms with Crippen LogP contribution in [0.1, 0.15) is 23.6 Å². The molecule has 3 heteroatoms. The molecule has 0 radical (unpaired) electrons. The fraction of sp³-hybridized carbons (Fsp3) is 0.0400. The first-order chi connectivity index (χ1) is 26.1. The number of benzene rings is 8. The van der Waals surface area contributed by atoms with E-state index in [-0.39, 0.29) is 0 Å². The molecule has 53 heavy (non-hydrogen) atoms. The van der Waals surface area contributed by atoms with E-state index >= 15 is 0 Å². The Labute approximate surface area is 311 Å². The lowest BCUT2D eigenvalue weighted by atomic mass is 9.73. The van der Waals surface area contributed by atoms with E-state index in [0.29, 0.717) is 0 Å². The third-order valence-electron chi connectivity index (χ3n) is 11.3. The average molecular weight is 696 g/mol. The standard InChI is InChI=1S/C50H33NOS/c1-50(42-19-9-5-15-36(42)37-16-6-10-20-43(37)50)44-30-40-38-17-7-11-21-46(38)52-47(40)31-45(44)51(34-25-23-33(24-26-34)32-13-3-2-4-14-32)35-27-28-49-41(29-35)39-18-8-12-22-48(39)53-49/h2-31H,1H3. The van der Waals surface area contributed by atoms with Crippen molar-refractivity contribution in [3.63, 3.8) is 0 Å². The van der Waals surface area contributed by atoms with Gasteiger partial charge in [-0.25, -0.2) is 0 Å². The minimum atomic E-state index is -0.448. The number of nitrogens with zero attached hydrogens (tertiary/aromatic N) is 1. The summed E-state index contributed by atoms with van der Waals surface area (Å²) < 4.78 is 9.26. The van der Waals surface area contributed by atoms with Gasteiger partial charge in [-0.1, -0.05) is 127 Å². The molecule has 2 aromatic heterocycles. The van der Waals surface area contributed by atoms with E-state index in [9.17, 15) is 0 Å². The van der Waals surface area contributed by atoms with Gasteiger partial charge in [0.05, 0.1) is 5.69 Å². The van der Waals surface area contributed by atoms with Crippen molar-refractivity contribution in [2.45, 2.75) is 12.3 Å². The minimum Gasteiger partial charge on any atom is -0.456 e. The van der Waals surface area contributed by atoms with Crippen molar-refractivity contribution < 1.29 is 4.42 Å². The van der Waals surface area contributed by atoms with E-state index in [4.69, 9.17) is 4.42 Å². The molecule has 2 heterocycles.